The third-order valence-corrected chi connectivity index (χ3v) is 6.49. The summed E-state index contributed by atoms with van der Waals surface area (Å²) < 4.78 is 0. The maximum absolute atomic E-state index is 11.9. The van der Waals surface area contributed by atoms with Crippen LogP contribution in [-0.4, -0.2) is 27.5 Å². The molecule has 1 heterocycles. The molecule has 0 saturated heterocycles. The van der Waals surface area contributed by atoms with Gasteiger partial charge in [0, 0.05) is 23.5 Å². The topological polar surface area (TPSA) is 119 Å². The number of nitrogens with zero attached hydrogens (tertiary/aromatic N) is 2. The molecular weight excluding hydrogens is 364 g/mol. The first kappa shape index (κ1) is 18.4. The van der Waals surface area contributed by atoms with E-state index < -0.39 is 5.91 Å². The highest BCUT2D eigenvalue weighted by Gasteiger charge is 2.52. The van der Waals surface area contributed by atoms with Gasteiger partial charge in [-0.25, -0.2) is 4.98 Å². The molecule has 0 spiro atoms. The van der Waals surface area contributed by atoms with E-state index in [0.717, 1.165) is 31.4 Å². The highest BCUT2D eigenvalue weighted by Crippen LogP contribution is 2.47. The van der Waals surface area contributed by atoms with Crippen molar-refractivity contribution in [3.8, 4) is 0 Å². The zero-order valence-electron chi connectivity index (χ0n) is 16.6. The number of aromatic nitrogens is 2. The quantitative estimate of drug-likeness (QED) is 0.575. The number of primary amides is 1. The van der Waals surface area contributed by atoms with Crippen molar-refractivity contribution < 1.29 is 4.79 Å². The number of nitrogens with one attached hydrogen (secondary N) is 2. The van der Waals surface area contributed by atoms with Crippen LogP contribution in [0, 0.1) is 5.92 Å². The summed E-state index contributed by atoms with van der Waals surface area (Å²) in [6, 6.07) is 6.53. The van der Waals surface area contributed by atoms with E-state index in [9.17, 15) is 4.79 Å². The molecule has 3 aliphatic rings. The first-order valence-corrected chi connectivity index (χ1v) is 10.6. The molecule has 1 aromatic carbocycles. The fourth-order valence-electron chi connectivity index (χ4n) is 4.43. The number of carbonyl (C=O) groups is 1. The molecule has 2 aromatic rings. The summed E-state index contributed by atoms with van der Waals surface area (Å²) in [5, 5.41) is 6.74. The first-order valence-electron chi connectivity index (χ1n) is 10.6. The average molecular weight is 393 g/mol. The van der Waals surface area contributed by atoms with Crippen LogP contribution in [0.3, 0.4) is 0 Å². The molecule has 0 bridgehead atoms. The van der Waals surface area contributed by atoms with E-state index in [4.69, 9.17) is 11.5 Å². The van der Waals surface area contributed by atoms with Crippen molar-refractivity contribution in [3.05, 3.63) is 41.1 Å². The van der Waals surface area contributed by atoms with E-state index >= 15 is 0 Å². The van der Waals surface area contributed by atoms with E-state index in [0.29, 0.717) is 17.7 Å². The van der Waals surface area contributed by atoms with Gasteiger partial charge in [-0.05, 0) is 80.5 Å². The maximum atomic E-state index is 11.9. The Morgan fingerprint density at radius 2 is 1.93 bits per heavy atom. The van der Waals surface area contributed by atoms with Crippen LogP contribution in [-0.2, 0) is 12.8 Å². The van der Waals surface area contributed by atoms with Crippen LogP contribution >= 0.6 is 0 Å². The van der Waals surface area contributed by atoms with E-state index in [1.54, 1.807) is 0 Å². The second-order valence-corrected chi connectivity index (χ2v) is 8.83. The standard InChI is InChI=1S/C22H28N6O/c23-19(29)17-12-25-21(27-18(14-5-6-14)22(24)9-10-22)28-20(17)26-16-8-7-13-3-1-2-4-15(13)11-16/h7-8,11-12,14,18H,1-6,9-10,24H2,(H2,23,29)(H2,25,26,27,28)/t18-/m1/s1. The number of aryl methyl sites for hydroxylation is 2. The molecule has 1 aromatic heterocycles. The second-order valence-electron chi connectivity index (χ2n) is 8.83. The van der Waals surface area contributed by atoms with E-state index in [1.807, 2.05) is 6.07 Å². The summed E-state index contributed by atoms with van der Waals surface area (Å²) >= 11 is 0. The number of hydrogen-bond donors (Lipinski definition) is 4. The van der Waals surface area contributed by atoms with Crippen LogP contribution in [0.2, 0.25) is 0 Å². The van der Waals surface area contributed by atoms with Gasteiger partial charge in [-0.3, -0.25) is 4.79 Å². The summed E-state index contributed by atoms with van der Waals surface area (Å²) in [6.07, 6.45) is 10.6. The molecule has 152 valence electrons. The average Bonchev–Trinajstić information content (AvgIpc) is 3.63. The monoisotopic (exact) mass is 392 g/mol. The number of carbonyl (C=O) groups excluding carboxylic acids is 1. The number of hydrogen-bond acceptors (Lipinski definition) is 6. The molecule has 3 aliphatic carbocycles. The van der Waals surface area contributed by atoms with Crippen molar-refractivity contribution >= 4 is 23.4 Å². The summed E-state index contributed by atoms with van der Waals surface area (Å²) in [5.74, 6) is 0.957. The molecule has 0 unspecified atom stereocenters. The SMILES string of the molecule is NC(=O)c1cnc(N[C@H](C2CC2)C2(N)CC2)nc1Nc1ccc2c(c1)CCCC2. The normalized spacial score (nSPS) is 20.4. The predicted octanol–water partition coefficient (Wildman–Crippen LogP) is 2.88. The van der Waals surface area contributed by atoms with E-state index in [-0.39, 0.29) is 17.1 Å². The minimum Gasteiger partial charge on any atom is -0.365 e. The van der Waals surface area contributed by atoms with Crippen molar-refractivity contribution in [1.29, 1.82) is 0 Å². The Labute approximate surface area is 170 Å². The minimum atomic E-state index is -0.548. The molecule has 0 aliphatic heterocycles. The summed E-state index contributed by atoms with van der Waals surface area (Å²) in [4.78, 5) is 20.9. The second kappa shape index (κ2) is 6.99. The molecule has 29 heavy (non-hydrogen) atoms. The van der Waals surface area contributed by atoms with Gasteiger partial charge in [0.15, 0.2) is 0 Å². The minimum absolute atomic E-state index is 0.154. The molecule has 1 amide bonds. The number of nitrogens with two attached hydrogens (primary N) is 2. The summed E-state index contributed by atoms with van der Waals surface area (Å²) in [6.45, 7) is 0. The first-order chi connectivity index (χ1) is 14.0. The zero-order chi connectivity index (χ0) is 20.0. The molecule has 7 heteroatoms. The maximum Gasteiger partial charge on any atom is 0.254 e. The molecule has 5 rings (SSSR count). The Morgan fingerprint density at radius 1 is 1.17 bits per heavy atom. The highest BCUT2D eigenvalue weighted by atomic mass is 16.1. The van der Waals surface area contributed by atoms with E-state index in [2.05, 4.69) is 32.7 Å². The van der Waals surface area contributed by atoms with Crippen molar-refractivity contribution in [1.82, 2.24) is 9.97 Å². The Morgan fingerprint density at radius 3 is 2.62 bits per heavy atom. The molecule has 2 saturated carbocycles. The summed E-state index contributed by atoms with van der Waals surface area (Å²) in [7, 11) is 0. The van der Waals surface area contributed by atoms with Crippen molar-refractivity contribution in [2.45, 2.75) is 62.9 Å². The Balaban J connectivity index is 1.41. The Hall–Kier alpha value is -2.67. The van der Waals surface area contributed by atoms with Gasteiger partial charge in [0.25, 0.3) is 5.91 Å². The number of rotatable bonds is 7. The number of anilines is 3. The van der Waals surface area contributed by atoms with Crippen LogP contribution in [0.15, 0.2) is 24.4 Å². The van der Waals surface area contributed by atoms with Crippen molar-refractivity contribution in [2.75, 3.05) is 10.6 Å². The predicted molar refractivity (Wildman–Crippen MR) is 113 cm³/mol. The molecule has 6 N–H and O–H groups in total. The molecular formula is C22H28N6O. The van der Waals surface area contributed by atoms with Crippen LogP contribution in [0.25, 0.3) is 0 Å². The number of benzene rings is 1. The van der Waals surface area contributed by atoms with Gasteiger partial charge in [-0.15, -0.1) is 0 Å². The smallest absolute Gasteiger partial charge is 0.254 e. The third-order valence-electron chi connectivity index (χ3n) is 6.49. The molecule has 1 atom stereocenters. The lowest BCUT2D eigenvalue weighted by Gasteiger charge is -2.25. The van der Waals surface area contributed by atoms with E-state index in [1.165, 1.54) is 43.0 Å². The van der Waals surface area contributed by atoms with Crippen LogP contribution in [0.4, 0.5) is 17.5 Å². The number of fused-ring (bicyclic) bond motifs is 1. The van der Waals surface area contributed by atoms with Crippen molar-refractivity contribution in [2.24, 2.45) is 17.4 Å². The molecule has 2 fully saturated rings. The lowest BCUT2D eigenvalue weighted by Crippen LogP contribution is -2.44. The van der Waals surface area contributed by atoms with Gasteiger partial charge < -0.3 is 22.1 Å². The van der Waals surface area contributed by atoms with Crippen LogP contribution in [0.1, 0.15) is 60.0 Å². The van der Waals surface area contributed by atoms with Gasteiger partial charge in [-0.1, -0.05) is 6.07 Å². The molecule has 7 nitrogen and oxygen atoms in total. The van der Waals surface area contributed by atoms with Crippen molar-refractivity contribution in [3.63, 3.8) is 0 Å². The van der Waals surface area contributed by atoms with Crippen LogP contribution < -0.4 is 22.1 Å². The Kier molecular flexibility index (Phi) is 4.42. The fourth-order valence-corrected chi connectivity index (χ4v) is 4.43. The lowest BCUT2D eigenvalue weighted by molar-refractivity contribution is 0.100. The fraction of sp³-hybridized carbons (Fsp3) is 0.500. The van der Waals surface area contributed by atoms with Gasteiger partial charge >= 0.3 is 0 Å². The largest absolute Gasteiger partial charge is 0.365 e. The highest BCUT2D eigenvalue weighted by molar-refractivity contribution is 5.98. The van der Waals surface area contributed by atoms with Gasteiger partial charge in [0.1, 0.15) is 11.4 Å². The lowest BCUT2D eigenvalue weighted by atomic mass is 9.91. The zero-order valence-corrected chi connectivity index (χ0v) is 16.6. The van der Waals surface area contributed by atoms with Gasteiger partial charge in [0.2, 0.25) is 5.95 Å². The third kappa shape index (κ3) is 3.79. The van der Waals surface area contributed by atoms with Crippen LogP contribution in [0.5, 0.6) is 0 Å². The van der Waals surface area contributed by atoms with Gasteiger partial charge in [-0.2, -0.15) is 4.98 Å². The summed E-state index contributed by atoms with van der Waals surface area (Å²) in [5.41, 5.74) is 15.9. The van der Waals surface area contributed by atoms with Gasteiger partial charge in [0.05, 0.1) is 0 Å². The number of amides is 1. The Bertz CT molecular complexity index is 950. The molecule has 0 radical (unpaired) electrons.